The summed E-state index contributed by atoms with van der Waals surface area (Å²) in [6, 6.07) is 8.28. The summed E-state index contributed by atoms with van der Waals surface area (Å²) in [7, 11) is -3.71. The van der Waals surface area contributed by atoms with E-state index in [0.29, 0.717) is 11.1 Å². The Morgan fingerprint density at radius 3 is 2.55 bits per heavy atom. The molecule has 7 nitrogen and oxygen atoms in total. The van der Waals surface area contributed by atoms with Gasteiger partial charge in [-0.15, -0.1) is 0 Å². The third-order valence-electron chi connectivity index (χ3n) is 3.67. The molecule has 1 fully saturated rings. The van der Waals surface area contributed by atoms with E-state index >= 15 is 0 Å². The van der Waals surface area contributed by atoms with Crippen LogP contribution in [0.15, 0.2) is 41.6 Å². The first kappa shape index (κ1) is 14.4. The number of ketones is 1. The standard InChI is InChI=1S/C14H11N3O4S/c1-8-7-22(20,21)14-10(16-15)13(19)17(14)11(8)12(18)9-5-3-2-4-6-9/h2-6,14H,7H2,1H3/t14-/m0/s1. The first-order chi connectivity index (χ1) is 10.4. The fourth-order valence-electron chi connectivity index (χ4n) is 2.72. The second-order valence-corrected chi connectivity index (χ2v) is 7.20. The van der Waals surface area contributed by atoms with Crippen LogP contribution in [0.5, 0.6) is 0 Å². The Hall–Kier alpha value is -2.57. The fourth-order valence-corrected chi connectivity index (χ4v) is 4.63. The van der Waals surface area contributed by atoms with Gasteiger partial charge in [0.25, 0.3) is 0 Å². The molecular formula is C14H11N3O4S. The van der Waals surface area contributed by atoms with E-state index in [1.165, 1.54) is 6.92 Å². The number of hydrogen-bond donors (Lipinski definition) is 0. The van der Waals surface area contributed by atoms with Crippen molar-refractivity contribution in [1.29, 1.82) is 0 Å². The van der Waals surface area contributed by atoms with Crippen LogP contribution in [0.4, 0.5) is 0 Å². The van der Waals surface area contributed by atoms with Crippen LogP contribution in [0.2, 0.25) is 0 Å². The molecule has 1 amide bonds. The van der Waals surface area contributed by atoms with E-state index in [4.69, 9.17) is 5.53 Å². The molecule has 0 bridgehead atoms. The van der Waals surface area contributed by atoms with Crippen LogP contribution < -0.4 is 0 Å². The predicted octanol–water partition coefficient (Wildman–Crippen LogP) is 0.411. The molecule has 2 heterocycles. The van der Waals surface area contributed by atoms with Crippen LogP contribution in [0.25, 0.3) is 5.53 Å². The first-order valence-corrected chi connectivity index (χ1v) is 8.16. The summed E-state index contributed by atoms with van der Waals surface area (Å²) in [4.78, 5) is 28.3. The van der Waals surface area contributed by atoms with Crippen molar-refractivity contribution in [3.8, 4) is 0 Å². The summed E-state index contributed by atoms with van der Waals surface area (Å²) in [5.74, 6) is -1.55. The summed E-state index contributed by atoms with van der Waals surface area (Å²) in [6.07, 6.45) is 0. The van der Waals surface area contributed by atoms with E-state index in [1.54, 1.807) is 30.3 Å². The number of β-lactam (4-membered cyclic amide) rings is 1. The zero-order chi connectivity index (χ0) is 16.1. The summed E-state index contributed by atoms with van der Waals surface area (Å²) >= 11 is 0. The van der Waals surface area contributed by atoms with Crippen molar-refractivity contribution in [2.24, 2.45) is 0 Å². The highest BCUT2D eigenvalue weighted by Crippen LogP contribution is 2.35. The van der Waals surface area contributed by atoms with Crippen LogP contribution >= 0.6 is 0 Å². The van der Waals surface area contributed by atoms with Crippen LogP contribution in [-0.4, -0.2) is 46.6 Å². The molecule has 2 aliphatic heterocycles. The second kappa shape index (κ2) is 4.72. The molecule has 0 aromatic heterocycles. The maximum Gasteiger partial charge on any atom is 0.394 e. The molecule has 22 heavy (non-hydrogen) atoms. The lowest BCUT2D eigenvalue weighted by Crippen LogP contribution is -2.68. The van der Waals surface area contributed by atoms with Crippen molar-refractivity contribution >= 4 is 27.2 Å². The van der Waals surface area contributed by atoms with Crippen molar-refractivity contribution in [3.05, 3.63) is 52.7 Å². The van der Waals surface area contributed by atoms with Crippen LogP contribution in [0.3, 0.4) is 0 Å². The highest BCUT2D eigenvalue weighted by atomic mass is 32.2. The van der Waals surface area contributed by atoms with Crippen molar-refractivity contribution in [3.63, 3.8) is 0 Å². The molecule has 1 atom stereocenters. The van der Waals surface area contributed by atoms with E-state index in [0.717, 1.165) is 4.90 Å². The first-order valence-electron chi connectivity index (χ1n) is 6.45. The van der Waals surface area contributed by atoms with Gasteiger partial charge in [-0.3, -0.25) is 14.5 Å². The molecule has 1 saturated heterocycles. The number of carbonyl (C=O) groups is 2. The van der Waals surface area contributed by atoms with E-state index < -0.39 is 32.6 Å². The van der Waals surface area contributed by atoms with E-state index in [-0.39, 0.29) is 11.4 Å². The molecule has 1 aromatic carbocycles. The molecule has 2 aliphatic rings. The van der Waals surface area contributed by atoms with Gasteiger partial charge in [0.2, 0.25) is 11.2 Å². The summed E-state index contributed by atoms with van der Waals surface area (Å²) in [5, 5.41) is -1.38. The minimum atomic E-state index is -3.71. The Morgan fingerprint density at radius 2 is 1.95 bits per heavy atom. The number of hydrogen-bond acceptors (Lipinski definition) is 4. The highest BCUT2D eigenvalue weighted by molar-refractivity contribution is 7.93. The van der Waals surface area contributed by atoms with Crippen molar-refractivity contribution in [2.45, 2.75) is 12.3 Å². The third kappa shape index (κ3) is 1.85. The Balaban J connectivity index is 2.14. The number of benzene rings is 1. The van der Waals surface area contributed by atoms with E-state index in [1.807, 2.05) is 0 Å². The van der Waals surface area contributed by atoms with Gasteiger partial charge < -0.3 is 5.53 Å². The minimum Gasteiger partial charge on any atom is -0.361 e. The lowest BCUT2D eigenvalue weighted by Gasteiger charge is -2.40. The van der Waals surface area contributed by atoms with Crippen molar-refractivity contribution in [2.75, 3.05) is 5.75 Å². The molecule has 0 radical (unpaired) electrons. The zero-order valence-electron chi connectivity index (χ0n) is 11.6. The number of sulfone groups is 1. The topological polar surface area (TPSA) is 108 Å². The highest BCUT2D eigenvalue weighted by Gasteiger charge is 2.63. The maximum atomic E-state index is 12.6. The molecule has 8 heteroatoms. The molecule has 0 spiro atoms. The normalized spacial score (nSPS) is 22.8. The van der Waals surface area contributed by atoms with Gasteiger partial charge in [-0.05, 0) is 12.5 Å². The summed E-state index contributed by atoms with van der Waals surface area (Å²) < 4.78 is 24.3. The van der Waals surface area contributed by atoms with Gasteiger partial charge in [0.1, 0.15) is 0 Å². The van der Waals surface area contributed by atoms with Gasteiger partial charge in [0.05, 0.1) is 11.4 Å². The van der Waals surface area contributed by atoms with Crippen molar-refractivity contribution in [1.82, 2.24) is 4.90 Å². The minimum absolute atomic E-state index is 0.0448. The lowest BCUT2D eigenvalue weighted by atomic mass is 9.99. The Labute approximate surface area is 126 Å². The van der Waals surface area contributed by atoms with E-state index in [2.05, 4.69) is 4.79 Å². The Kier molecular flexibility index (Phi) is 3.09. The number of nitrogens with zero attached hydrogens (tertiary/aromatic N) is 3. The number of carbonyl (C=O) groups excluding carboxylic acids is 2. The number of allylic oxidation sites excluding steroid dienone is 1. The van der Waals surface area contributed by atoms with Crippen LogP contribution in [0, 0.1) is 0 Å². The maximum absolute atomic E-state index is 12.6. The SMILES string of the molecule is CC1=C(C(=O)c2ccccc2)N2C(=O)C(=[N+]=[N-])[C@@H]2S(=O)(=O)C1. The molecule has 112 valence electrons. The zero-order valence-corrected chi connectivity index (χ0v) is 12.4. The van der Waals surface area contributed by atoms with Gasteiger partial charge in [-0.1, -0.05) is 30.3 Å². The van der Waals surface area contributed by atoms with Gasteiger partial charge in [-0.2, -0.15) is 4.79 Å². The molecule has 0 unspecified atom stereocenters. The van der Waals surface area contributed by atoms with Gasteiger partial charge in [0, 0.05) is 5.56 Å². The number of amides is 1. The van der Waals surface area contributed by atoms with Gasteiger partial charge >= 0.3 is 11.6 Å². The van der Waals surface area contributed by atoms with Crippen LogP contribution in [0.1, 0.15) is 17.3 Å². The van der Waals surface area contributed by atoms with Crippen LogP contribution in [-0.2, 0) is 14.6 Å². The third-order valence-corrected chi connectivity index (χ3v) is 5.62. The number of Topliss-reactive ketones (excluding diaryl/α,β-unsaturated/α-hetero) is 1. The van der Waals surface area contributed by atoms with Gasteiger partial charge in [0.15, 0.2) is 9.84 Å². The van der Waals surface area contributed by atoms with E-state index in [9.17, 15) is 18.0 Å². The molecule has 0 N–H and O–H groups in total. The lowest BCUT2D eigenvalue weighted by molar-refractivity contribution is -0.134. The molecular weight excluding hydrogens is 306 g/mol. The predicted molar refractivity (Wildman–Crippen MR) is 76.5 cm³/mol. The monoisotopic (exact) mass is 317 g/mol. The molecule has 0 aliphatic carbocycles. The number of fused-ring (bicyclic) bond motifs is 1. The quantitative estimate of drug-likeness (QED) is 0.340. The molecule has 1 aromatic rings. The fraction of sp³-hybridized carbons (Fsp3) is 0.214. The summed E-state index contributed by atoms with van der Waals surface area (Å²) in [5.41, 5.74) is 9.06. The average Bonchev–Trinajstić information content (AvgIpc) is 2.48. The molecule has 0 saturated carbocycles. The second-order valence-electron chi connectivity index (χ2n) is 5.14. The Morgan fingerprint density at radius 1 is 1.32 bits per heavy atom. The largest absolute Gasteiger partial charge is 0.394 e. The Bertz CT molecular complexity index is 880. The van der Waals surface area contributed by atoms with Gasteiger partial charge in [-0.25, -0.2) is 8.42 Å². The molecule has 3 rings (SSSR count). The average molecular weight is 317 g/mol. The smallest absolute Gasteiger partial charge is 0.361 e. The summed E-state index contributed by atoms with van der Waals surface area (Å²) in [6.45, 7) is 1.51. The number of rotatable bonds is 2. The van der Waals surface area contributed by atoms with Crippen molar-refractivity contribution < 1.29 is 22.8 Å².